The number of hydrogen-bond donors (Lipinski definition) is 0. The Morgan fingerprint density at radius 3 is 2.48 bits per heavy atom. The summed E-state index contributed by atoms with van der Waals surface area (Å²) in [6.45, 7) is 5.39. The molecule has 0 saturated carbocycles. The normalized spacial score (nSPS) is 11.3. The fourth-order valence-corrected chi connectivity index (χ4v) is 3.32. The number of para-hydroxylation sites is 1. The highest BCUT2D eigenvalue weighted by Gasteiger charge is 2.19. The first-order valence-electron chi connectivity index (χ1n) is 9.90. The van der Waals surface area contributed by atoms with E-state index in [1.54, 1.807) is 39.2 Å². The van der Waals surface area contributed by atoms with Gasteiger partial charge in [-0.2, -0.15) is 0 Å². The molecule has 0 unspecified atom stereocenters. The number of carbonyl (C=O) groups excluding carboxylic acids is 1. The maximum Gasteiger partial charge on any atom is 0.347 e. The number of hydrogen-bond acceptors (Lipinski definition) is 5. The number of benzene rings is 2. The SMILES string of the molecule is CCOC(=O)CON=C(C)c1cc(-c2ccc(OC)cc2)n(-c2ccccc2F)c1C. The summed E-state index contributed by atoms with van der Waals surface area (Å²) < 4.78 is 26.6. The zero-order valence-electron chi connectivity index (χ0n) is 18.0. The van der Waals surface area contributed by atoms with Crippen molar-refractivity contribution in [2.45, 2.75) is 20.8 Å². The van der Waals surface area contributed by atoms with Crippen LogP contribution in [0.5, 0.6) is 5.75 Å². The minimum Gasteiger partial charge on any atom is -0.497 e. The number of rotatable bonds is 8. The van der Waals surface area contributed by atoms with E-state index in [9.17, 15) is 9.18 Å². The predicted molar refractivity (Wildman–Crippen MR) is 117 cm³/mol. The summed E-state index contributed by atoms with van der Waals surface area (Å²) in [5.74, 6) is -0.0934. The Balaban J connectivity index is 2.05. The van der Waals surface area contributed by atoms with Crippen LogP contribution in [0.25, 0.3) is 16.9 Å². The number of esters is 1. The lowest BCUT2D eigenvalue weighted by Gasteiger charge is -2.13. The zero-order chi connectivity index (χ0) is 22.4. The molecule has 0 fully saturated rings. The van der Waals surface area contributed by atoms with Gasteiger partial charge in [0.15, 0.2) is 0 Å². The molecule has 0 N–H and O–H groups in total. The molecule has 2 aromatic carbocycles. The molecule has 0 spiro atoms. The van der Waals surface area contributed by atoms with Crippen molar-refractivity contribution < 1.29 is 23.5 Å². The molecule has 0 atom stereocenters. The largest absolute Gasteiger partial charge is 0.497 e. The fourth-order valence-electron chi connectivity index (χ4n) is 3.32. The molecule has 7 heteroatoms. The van der Waals surface area contributed by atoms with Crippen LogP contribution in [0.3, 0.4) is 0 Å². The lowest BCUT2D eigenvalue weighted by atomic mass is 10.1. The highest BCUT2D eigenvalue weighted by Crippen LogP contribution is 2.32. The smallest absolute Gasteiger partial charge is 0.347 e. The molecule has 1 heterocycles. The van der Waals surface area contributed by atoms with Gasteiger partial charge in [0.2, 0.25) is 6.61 Å². The molecule has 1 aromatic heterocycles. The van der Waals surface area contributed by atoms with Crippen molar-refractivity contribution >= 4 is 11.7 Å². The van der Waals surface area contributed by atoms with E-state index in [2.05, 4.69) is 5.16 Å². The summed E-state index contributed by atoms with van der Waals surface area (Å²) in [5, 5.41) is 4.06. The Morgan fingerprint density at radius 1 is 1.13 bits per heavy atom. The second-order valence-electron chi connectivity index (χ2n) is 6.80. The van der Waals surface area contributed by atoms with Crippen LogP contribution in [0, 0.1) is 12.7 Å². The molecule has 31 heavy (non-hydrogen) atoms. The number of ether oxygens (including phenoxy) is 2. The van der Waals surface area contributed by atoms with E-state index in [4.69, 9.17) is 14.3 Å². The van der Waals surface area contributed by atoms with Crippen LogP contribution >= 0.6 is 0 Å². The molecular formula is C24H25FN2O4. The predicted octanol–water partition coefficient (Wildman–Crippen LogP) is 4.90. The van der Waals surface area contributed by atoms with Gasteiger partial charge in [-0.3, -0.25) is 0 Å². The van der Waals surface area contributed by atoms with Crippen LogP contribution in [-0.2, 0) is 14.4 Å². The van der Waals surface area contributed by atoms with E-state index < -0.39 is 5.97 Å². The van der Waals surface area contributed by atoms with E-state index >= 15 is 0 Å². The van der Waals surface area contributed by atoms with Crippen molar-refractivity contribution in [3.63, 3.8) is 0 Å². The van der Waals surface area contributed by atoms with Gasteiger partial charge in [0, 0.05) is 11.3 Å². The first-order chi connectivity index (χ1) is 15.0. The van der Waals surface area contributed by atoms with Crippen LogP contribution in [0.2, 0.25) is 0 Å². The third-order valence-corrected chi connectivity index (χ3v) is 4.81. The minimum absolute atomic E-state index is 0.274. The van der Waals surface area contributed by atoms with Gasteiger partial charge < -0.3 is 18.9 Å². The first-order valence-corrected chi connectivity index (χ1v) is 9.90. The molecule has 0 aliphatic heterocycles. The van der Waals surface area contributed by atoms with Crippen LogP contribution in [0.4, 0.5) is 4.39 Å². The molecule has 0 saturated heterocycles. The van der Waals surface area contributed by atoms with Crippen LogP contribution in [0.1, 0.15) is 25.1 Å². The van der Waals surface area contributed by atoms with E-state index in [1.165, 1.54) is 6.07 Å². The third kappa shape index (κ3) is 4.94. The van der Waals surface area contributed by atoms with Crippen molar-refractivity contribution in [3.05, 3.63) is 71.7 Å². The molecule has 0 aliphatic rings. The van der Waals surface area contributed by atoms with Crippen LogP contribution in [-0.4, -0.2) is 36.6 Å². The molecule has 0 bridgehead atoms. The van der Waals surface area contributed by atoms with Crippen molar-refractivity contribution in [2.24, 2.45) is 5.16 Å². The molecule has 0 radical (unpaired) electrons. The summed E-state index contributed by atoms with van der Waals surface area (Å²) in [7, 11) is 1.61. The van der Waals surface area contributed by atoms with Gasteiger partial charge in [-0.05, 0) is 68.8 Å². The summed E-state index contributed by atoms with van der Waals surface area (Å²) in [6.07, 6.45) is 0. The van der Waals surface area contributed by atoms with E-state index in [1.807, 2.05) is 41.8 Å². The summed E-state index contributed by atoms with van der Waals surface area (Å²) in [5.41, 5.74) is 4.23. The van der Waals surface area contributed by atoms with Crippen molar-refractivity contribution in [2.75, 3.05) is 20.3 Å². The average Bonchev–Trinajstić information content (AvgIpc) is 3.11. The molecule has 0 amide bonds. The Morgan fingerprint density at radius 2 is 1.84 bits per heavy atom. The molecule has 6 nitrogen and oxygen atoms in total. The van der Waals surface area contributed by atoms with Crippen LogP contribution in [0.15, 0.2) is 59.8 Å². The van der Waals surface area contributed by atoms with Gasteiger partial charge in [-0.15, -0.1) is 0 Å². The van der Waals surface area contributed by atoms with Gasteiger partial charge >= 0.3 is 5.97 Å². The van der Waals surface area contributed by atoms with Gasteiger partial charge in [-0.25, -0.2) is 9.18 Å². The zero-order valence-corrected chi connectivity index (χ0v) is 18.0. The number of carbonyl (C=O) groups is 1. The Bertz CT molecular complexity index is 1090. The molecule has 0 aliphatic carbocycles. The molecular weight excluding hydrogens is 399 g/mol. The quantitative estimate of drug-likeness (QED) is 0.293. The molecule has 162 valence electrons. The maximum absolute atomic E-state index is 14.7. The first kappa shape index (κ1) is 22.1. The Kier molecular flexibility index (Phi) is 7.07. The standard InChI is InChI=1S/C24H25FN2O4/c1-5-30-24(28)15-31-26-16(2)20-14-23(18-10-12-19(29-4)13-11-18)27(17(20)3)22-9-7-6-8-21(22)25/h6-14H,5,15H2,1-4H3. The summed E-state index contributed by atoms with van der Waals surface area (Å²) in [6, 6.07) is 16.1. The van der Waals surface area contributed by atoms with E-state index in [0.717, 1.165) is 28.3 Å². The molecule has 3 rings (SSSR count). The summed E-state index contributed by atoms with van der Waals surface area (Å²) >= 11 is 0. The van der Waals surface area contributed by atoms with Gasteiger partial charge in [0.25, 0.3) is 0 Å². The third-order valence-electron chi connectivity index (χ3n) is 4.81. The van der Waals surface area contributed by atoms with Gasteiger partial charge in [0.05, 0.1) is 30.8 Å². The van der Waals surface area contributed by atoms with Crippen LogP contribution < -0.4 is 4.74 Å². The van der Waals surface area contributed by atoms with Crippen molar-refractivity contribution in [1.29, 1.82) is 0 Å². The fraction of sp³-hybridized carbons (Fsp3) is 0.250. The number of halogens is 1. The second kappa shape index (κ2) is 9.93. The lowest BCUT2D eigenvalue weighted by molar-refractivity contribution is -0.148. The van der Waals surface area contributed by atoms with E-state index in [0.29, 0.717) is 11.4 Å². The Hall–Kier alpha value is -3.61. The molecule has 3 aromatic rings. The topological polar surface area (TPSA) is 62.1 Å². The number of aromatic nitrogens is 1. The van der Waals surface area contributed by atoms with E-state index in [-0.39, 0.29) is 19.0 Å². The minimum atomic E-state index is -0.487. The number of oxime groups is 1. The highest BCUT2D eigenvalue weighted by atomic mass is 19.1. The number of methoxy groups -OCH3 is 1. The van der Waals surface area contributed by atoms with Gasteiger partial charge in [-0.1, -0.05) is 17.3 Å². The number of nitrogens with zero attached hydrogens (tertiary/aromatic N) is 2. The highest BCUT2D eigenvalue weighted by molar-refractivity contribution is 6.01. The van der Waals surface area contributed by atoms with Gasteiger partial charge in [0.1, 0.15) is 11.6 Å². The van der Waals surface area contributed by atoms with Crippen molar-refractivity contribution in [1.82, 2.24) is 4.57 Å². The lowest BCUT2D eigenvalue weighted by Crippen LogP contribution is -2.11. The summed E-state index contributed by atoms with van der Waals surface area (Å²) in [4.78, 5) is 16.6. The monoisotopic (exact) mass is 424 g/mol. The maximum atomic E-state index is 14.7. The Labute approximate surface area is 180 Å². The van der Waals surface area contributed by atoms with Crippen molar-refractivity contribution in [3.8, 4) is 22.7 Å². The average molecular weight is 424 g/mol. The second-order valence-corrected chi connectivity index (χ2v) is 6.80.